The average Bonchev–Trinajstić information content (AvgIpc) is 2.98. The molecule has 0 saturated heterocycles. The highest BCUT2D eigenvalue weighted by Gasteiger charge is 2.34. The Labute approximate surface area is 183 Å². The molecule has 0 atom stereocenters. The monoisotopic (exact) mass is 463 g/mol. The second kappa shape index (κ2) is 7.86. The normalized spacial score (nSPS) is 15.2. The maximum absolute atomic E-state index is 13.3. The Morgan fingerprint density at radius 3 is 2.44 bits per heavy atom. The van der Waals surface area contributed by atoms with Crippen LogP contribution in [0.4, 0.5) is 13.2 Å². The first kappa shape index (κ1) is 22.2. The van der Waals surface area contributed by atoms with Gasteiger partial charge < -0.3 is 4.57 Å². The van der Waals surface area contributed by atoms with Crippen LogP contribution in [-0.4, -0.2) is 29.0 Å². The van der Waals surface area contributed by atoms with Crippen molar-refractivity contribution >= 4 is 21.1 Å². The number of halogens is 3. The molecule has 0 bridgehead atoms. The summed E-state index contributed by atoms with van der Waals surface area (Å²) < 4.78 is 68.8. The molecule has 11 heteroatoms. The topological polar surface area (TPSA) is 101 Å². The molecule has 1 fully saturated rings. The van der Waals surface area contributed by atoms with Crippen LogP contribution in [0.3, 0.4) is 0 Å². The molecule has 0 aliphatic heterocycles. The molecule has 168 valence electrons. The Kier molecular flexibility index (Phi) is 5.46. The predicted molar refractivity (Wildman–Crippen MR) is 111 cm³/mol. The van der Waals surface area contributed by atoms with E-state index in [1.165, 1.54) is 18.3 Å². The number of nitrogens with one attached hydrogen (secondary N) is 1. The number of pyridine rings is 2. The lowest BCUT2D eigenvalue weighted by atomic mass is 9.92. The Morgan fingerprint density at radius 1 is 1.22 bits per heavy atom. The minimum Gasteiger partial charge on any atom is -0.320 e. The lowest BCUT2D eigenvalue weighted by Crippen LogP contribution is -2.30. The second-order valence-corrected chi connectivity index (χ2v) is 9.75. The van der Waals surface area contributed by atoms with Crippen molar-refractivity contribution < 1.29 is 21.6 Å². The zero-order chi connectivity index (χ0) is 23.3. The maximum atomic E-state index is 13.3. The second-order valence-electron chi connectivity index (χ2n) is 8.04. The fourth-order valence-electron chi connectivity index (χ4n) is 3.77. The fourth-order valence-corrected chi connectivity index (χ4v) is 4.96. The van der Waals surface area contributed by atoms with Crippen molar-refractivity contribution in [3.05, 3.63) is 41.7 Å². The minimum absolute atomic E-state index is 0.0216. The molecule has 1 saturated carbocycles. The summed E-state index contributed by atoms with van der Waals surface area (Å²) in [6.45, 7) is 3.38. The molecule has 3 heterocycles. The van der Waals surface area contributed by atoms with E-state index in [1.54, 1.807) is 18.4 Å². The third-order valence-corrected chi connectivity index (χ3v) is 7.04. The van der Waals surface area contributed by atoms with E-state index < -0.39 is 21.8 Å². The molecule has 3 aromatic heterocycles. The number of sulfonamides is 1. The molecule has 1 aliphatic rings. The van der Waals surface area contributed by atoms with Crippen LogP contribution >= 0.6 is 0 Å². The molecule has 1 aliphatic carbocycles. The molecule has 3 aromatic rings. The van der Waals surface area contributed by atoms with Gasteiger partial charge in [0.1, 0.15) is 16.6 Å². The third kappa shape index (κ3) is 3.84. The van der Waals surface area contributed by atoms with Crippen LogP contribution in [0.2, 0.25) is 0 Å². The van der Waals surface area contributed by atoms with Gasteiger partial charge >= 0.3 is 6.18 Å². The van der Waals surface area contributed by atoms with Crippen LogP contribution in [-0.2, 0) is 16.2 Å². The Balaban J connectivity index is 1.91. The van der Waals surface area contributed by atoms with Crippen molar-refractivity contribution in [3.8, 4) is 17.5 Å². The molecule has 0 spiro atoms. The Hall–Kier alpha value is -2.97. The lowest BCUT2D eigenvalue weighted by molar-refractivity contribution is -0.137. The van der Waals surface area contributed by atoms with Gasteiger partial charge in [-0.1, -0.05) is 0 Å². The summed E-state index contributed by atoms with van der Waals surface area (Å²) in [6.07, 6.45) is -0.0893. The van der Waals surface area contributed by atoms with Crippen molar-refractivity contribution in [3.63, 3.8) is 0 Å². The first-order valence-corrected chi connectivity index (χ1v) is 11.5. The van der Waals surface area contributed by atoms with Gasteiger partial charge in [-0.25, -0.2) is 18.1 Å². The molecular formula is C21H20F3N5O2S. The molecule has 7 nitrogen and oxygen atoms in total. The average molecular weight is 463 g/mol. The summed E-state index contributed by atoms with van der Waals surface area (Å²) in [6, 6.07) is 5.45. The quantitative estimate of drug-likeness (QED) is 0.604. The van der Waals surface area contributed by atoms with Gasteiger partial charge in [-0.2, -0.15) is 18.4 Å². The molecule has 32 heavy (non-hydrogen) atoms. The van der Waals surface area contributed by atoms with Gasteiger partial charge in [-0.3, -0.25) is 4.98 Å². The molecule has 0 radical (unpaired) electrons. The SMILES string of the molecule is CC(C)NS(=O)(=O)c1ccc(-c2c(C#N)c3cc(C(F)(F)F)cnc3n2C2CCC2)nc1. The molecule has 0 amide bonds. The van der Waals surface area contributed by atoms with Crippen molar-refractivity contribution in [2.75, 3.05) is 0 Å². The number of aromatic nitrogens is 3. The van der Waals surface area contributed by atoms with E-state index in [1.807, 2.05) is 6.07 Å². The highest BCUT2D eigenvalue weighted by Crippen LogP contribution is 2.42. The molecule has 1 N–H and O–H groups in total. The van der Waals surface area contributed by atoms with E-state index in [2.05, 4.69) is 14.7 Å². The van der Waals surface area contributed by atoms with Gasteiger partial charge in [-0.05, 0) is 51.3 Å². The van der Waals surface area contributed by atoms with Gasteiger partial charge in [0.15, 0.2) is 0 Å². The standard InChI is InChI=1S/C21H20F3N5O2S/c1-12(2)28-32(30,31)15-6-7-18(26-11-15)19-17(9-25)16-8-13(21(22,23)24)10-27-20(16)29(19)14-4-3-5-14/h6-8,10-12,14,28H,3-5H2,1-2H3. The first-order chi connectivity index (χ1) is 15.0. The van der Waals surface area contributed by atoms with Crippen molar-refractivity contribution in [2.24, 2.45) is 0 Å². The smallest absolute Gasteiger partial charge is 0.320 e. The van der Waals surface area contributed by atoms with Crippen LogP contribution in [0.1, 0.15) is 50.3 Å². The zero-order valence-electron chi connectivity index (χ0n) is 17.3. The van der Waals surface area contributed by atoms with Gasteiger partial charge in [0.25, 0.3) is 0 Å². The summed E-state index contributed by atoms with van der Waals surface area (Å²) in [5.41, 5.74) is 0.0272. The number of hydrogen-bond donors (Lipinski definition) is 1. The van der Waals surface area contributed by atoms with Crippen molar-refractivity contribution in [1.82, 2.24) is 19.3 Å². The van der Waals surface area contributed by atoms with Crippen LogP contribution in [0.15, 0.2) is 35.5 Å². The summed E-state index contributed by atoms with van der Waals surface area (Å²) >= 11 is 0. The predicted octanol–water partition coefficient (Wildman–Crippen LogP) is 4.40. The van der Waals surface area contributed by atoms with Crippen LogP contribution in [0.25, 0.3) is 22.4 Å². The van der Waals surface area contributed by atoms with Crippen molar-refractivity contribution in [1.29, 1.82) is 5.26 Å². The molecule has 0 unspecified atom stereocenters. The number of rotatable bonds is 5. The number of fused-ring (bicyclic) bond motifs is 1. The van der Waals surface area contributed by atoms with E-state index in [4.69, 9.17) is 0 Å². The van der Waals surface area contributed by atoms with Gasteiger partial charge in [0.05, 0.1) is 22.5 Å². The zero-order valence-corrected chi connectivity index (χ0v) is 18.1. The van der Waals surface area contributed by atoms with E-state index in [9.17, 15) is 26.9 Å². The number of alkyl halides is 3. The molecule has 0 aromatic carbocycles. The third-order valence-electron chi connectivity index (χ3n) is 5.40. The summed E-state index contributed by atoms with van der Waals surface area (Å²) in [7, 11) is -3.76. The Morgan fingerprint density at radius 2 is 1.94 bits per heavy atom. The largest absolute Gasteiger partial charge is 0.417 e. The molecular weight excluding hydrogens is 443 g/mol. The number of nitriles is 1. The minimum atomic E-state index is -4.59. The van der Waals surface area contributed by atoms with Gasteiger partial charge in [0, 0.05) is 29.9 Å². The van der Waals surface area contributed by atoms with Crippen LogP contribution in [0, 0.1) is 11.3 Å². The van der Waals surface area contributed by atoms with E-state index in [0.717, 1.165) is 31.5 Å². The summed E-state index contributed by atoms with van der Waals surface area (Å²) in [5.74, 6) is 0. The van der Waals surface area contributed by atoms with E-state index in [0.29, 0.717) is 11.4 Å². The van der Waals surface area contributed by atoms with Gasteiger partial charge in [0.2, 0.25) is 10.0 Å². The number of hydrogen-bond acceptors (Lipinski definition) is 5. The highest BCUT2D eigenvalue weighted by atomic mass is 32.2. The van der Waals surface area contributed by atoms with E-state index >= 15 is 0 Å². The van der Waals surface area contributed by atoms with Crippen LogP contribution < -0.4 is 4.72 Å². The van der Waals surface area contributed by atoms with E-state index in [-0.39, 0.29) is 33.6 Å². The van der Waals surface area contributed by atoms with Crippen LogP contribution in [0.5, 0.6) is 0 Å². The first-order valence-electron chi connectivity index (χ1n) is 10.0. The lowest BCUT2D eigenvalue weighted by Gasteiger charge is -2.29. The van der Waals surface area contributed by atoms with Crippen molar-refractivity contribution in [2.45, 2.75) is 56.3 Å². The maximum Gasteiger partial charge on any atom is 0.417 e. The highest BCUT2D eigenvalue weighted by molar-refractivity contribution is 7.89. The summed E-state index contributed by atoms with van der Waals surface area (Å²) in [5, 5.41) is 9.94. The summed E-state index contributed by atoms with van der Waals surface area (Å²) in [4.78, 5) is 8.27. The van der Waals surface area contributed by atoms with Gasteiger partial charge in [-0.15, -0.1) is 0 Å². The fraction of sp³-hybridized carbons (Fsp3) is 0.381. The Bertz CT molecular complexity index is 1320. The molecule has 4 rings (SSSR count). The number of nitrogens with zero attached hydrogens (tertiary/aromatic N) is 4.